The molecule has 112 valence electrons. The third kappa shape index (κ3) is 3.53. The largest absolute Gasteiger partial charge is 0.316 e. The summed E-state index contributed by atoms with van der Waals surface area (Å²) in [5, 5.41) is 3.19. The molecule has 1 aromatic rings. The highest BCUT2D eigenvalue weighted by molar-refractivity contribution is 7.89. The number of piperidine rings is 1. The molecule has 1 saturated heterocycles. The highest BCUT2D eigenvalue weighted by Crippen LogP contribution is 2.19. The van der Waals surface area contributed by atoms with Gasteiger partial charge in [-0.05, 0) is 49.5 Å². The average molecular weight is 304 g/mol. The fraction of sp³-hybridized carbons (Fsp3) is 0.538. The first-order valence-corrected chi connectivity index (χ1v) is 8.04. The van der Waals surface area contributed by atoms with Gasteiger partial charge >= 0.3 is 0 Å². The Bertz CT molecular complexity index is 578. The van der Waals surface area contributed by atoms with Crippen molar-refractivity contribution in [3.8, 4) is 0 Å². The highest BCUT2D eigenvalue weighted by Gasteiger charge is 2.25. The van der Waals surface area contributed by atoms with E-state index in [-0.39, 0.29) is 12.5 Å². The van der Waals surface area contributed by atoms with E-state index in [0.29, 0.717) is 12.0 Å². The normalized spacial score (nSPS) is 23.8. The van der Waals surface area contributed by atoms with Crippen LogP contribution in [-0.2, 0) is 10.0 Å². The summed E-state index contributed by atoms with van der Waals surface area (Å²) in [5.41, 5.74) is 0. The van der Waals surface area contributed by atoms with Gasteiger partial charge in [0.05, 0.1) is 0 Å². The van der Waals surface area contributed by atoms with Crippen LogP contribution in [0.25, 0.3) is 0 Å². The molecule has 0 bridgehead atoms. The van der Waals surface area contributed by atoms with Gasteiger partial charge in [-0.15, -0.1) is 0 Å². The third-order valence-electron chi connectivity index (χ3n) is 3.71. The maximum absolute atomic E-state index is 13.5. The molecule has 7 heteroatoms. The van der Waals surface area contributed by atoms with Gasteiger partial charge in [-0.3, -0.25) is 0 Å². The lowest BCUT2D eigenvalue weighted by atomic mass is 9.88. The molecule has 2 N–H and O–H groups in total. The molecule has 1 aliphatic rings. The zero-order chi connectivity index (χ0) is 14.8. The van der Waals surface area contributed by atoms with Crippen molar-refractivity contribution >= 4 is 10.0 Å². The molecule has 0 amide bonds. The second kappa shape index (κ2) is 6.15. The molecule has 2 unspecified atom stereocenters. The summed E-state index contributed by atoms with van der Waals surface area (Å²) in [6.45, 7) is 3.91. The van der Waals surface area contributed by atoms with E-state index >= 15 is 0 Å². The summed E-state index contributed by atoms with van der Waals surface area (Å²) in [4.78, 5) is -0.645. The Morgan fingerprint density at radius 1 is 1.40 bits per heavy atom. The maximum Gasteiger partial charge on any atom is 0.243 e. The third-order valence-corrected chi connectivity index (χ3v) is 5.14. The number of sulfonamides is 1. The van der Waals surface area contributed by atoms with Crippen molar-refractivity contribution in [1.82, 2.24) is 10.0 Å². The topological polar surface area (TPSA) is 58.2 Å². The molecule has 1 heterocycles. The molecule has 2 atom stereocenters. The number of benzene rings is 1. The van der Waals surface area contributed by atoms with E-state index in [2.05, 4.69) is 17.0 Å². The van der Waals surface area contributed by atoms with Crippen molar-refractivity contribution in [2.75, 3.05) is 19.6 Å². The number of halogens is 2. The van der Waals surface area contributed by atoms with Gasteiger partial charge in [-0.1, -0.05) is 6.92 Å². The zero-order valence-corrected chi connectivity index (χ0v) is 12.0. The van der Waals surface area contributed by atoms with Crippen LogP contribution >= 0.6 is 0 Å². The van der Waals surface area contributed by atoms with Gasteiger partial charge in [0, 0.05) is 6.54 Å². The van der Waals surface area contributed by atoms with Gasteiger partial charge in [0.2, 0.25) is 10.0 Å². The Balaban J connectivity index is 2.09. The standard InChI is InChI=1S/C13H18F2N2O2S/c1-9-4-5-16-7-10(9)8-17-20(18,19)13-6-11(14)2-3-12(13)15/h2-3,6,9-10,16-17H,4-5,7-8H2,1H3. The lowest BCUT2D eigenvalue weighted by Crippen LogP contribution is -2.42. The molecule has 0 spiro atoms. The summed E-state index contributed by atoms with van der Waals surface area (Å²) < 4.78 is 53.0. The molecule has 0 aromatic heterocycles. The summed E-state index contributed by atoms with van der Waals surface area (Å²) >= 11 is 0. The van der Waals surface area contributed by atoms with Crippen LogP contribution < -0.4 is 10.0 Å². The monoisotopic (exact) mass is 304 g/mol. The Hall–Kier alpha value is -1.05. The van der Waals surface area contributed by atoms with Gasteiger partial charge in [-0.25, -0.2) is 21.9 Å². The van der Waals surface area contributed by atoms with E-state index in [1.807, 2.05) is 0 Å². The van der Waals surface area contributed by atoms with Crippen LogP contribution in [-0.4, -0.2) is 28.1 Å². The van der Waals surface area contributed by atoms with Crippen molar-refractivity contribution in [1.29, 1.82) is 0 Å². The summed E-state index contributed by atoms with van der Waals surface area (Å²) in [7, 11) is -4.03. The van der Waals surface area contributed by atoms with E-state index in [0.717, 1.165) is 31.6 Å². The van der Waals surface area contributed by atoms with E-state index in [9.17, 15) is 17.2 Å². The number of nitrogens with one attached hydrogen (secondary N) is 2. The Labute approximate surface area is 117 Å². The van der Waals surface area contributed by atoms with E-state index in [1.165, 1.54) is 0 Å². The van der Waals surface area contributed by atoms with Crippen LogP contribution in [0.5, 0.6) is 0 Å². The fourth-order valence-electron chi connectivity index (χ4n) is 2.31. The molecule has 1 aliphatic heterocycles. The van der Waals surface area contributed by atoms with E-state index < -0.39 is 26.6 Å². The second-order valence-electron chi connectivity index (χ2n) is 5.16. The molecule has 1 aromatic carbocycles. The van der Waals surface area contributed by atoms with Crippen LogP contribution in [0, 0.1) is 23.5 Å². The van der Waals surface area contributed by atoms with Crippen molar-refractivity contribution in [3.63, 3.8) is 0 Å². The molecular formula is C13H18F2N2O2S. The van der Waals surface area contributed by atoms with Gasteiger partial charge in [0.25, 0.3) is 0 Å². The van der Waals surface area contributed by atoms with E-state index in [4.69, 9.17) is 0 Å². The van der Waals surface area contributed by atoms with Crippen molar-refractivity contribution in [3.05, 3.63) is 29.8 Å². The van der Waals surface area contributed by atoms with Crippen molar-refractivity contribution < 1.29 is 17.2 Å². The summed E-state index contributed by atoms with van der Waals surface area (Å²) in [6.07, 6.45) is 0.973. The first-order valence-electron chi connectivity index (χ1n) is 6.55. The molecule has 4 nitrogen and oxygen atoms in total. The van der Waals surface area contributed by atoms with Crippen LogP contribution in [0.4, 0.5) is 8.78 Å². The zero-order valence-electron chi connectivity index (χ0n) is 11.2. The van der Waals surface area contributed by atoms with Gasteiger partial charge < -0.3 is 5.32 Å². The quantitative estimate of drug-likeness (QED) is 0.886. The number of rotatable bonds is 4. The second-order valence-corrected chi connectivity index (χ2v) is 6.89. The van der Waals surface area contributed by atoms with Crippen LogP contribution in [0.3, 0.4) is 0 Å². The first-order chi connectivity index (χ1) is 9.40. The minimum atomic E-state index is -4.03. The fourth-order valence-corrected chi connectivity index (χ4v) is 3.49. The Kier molecular flexibility index (Phi) is 4.72. The average Bonchev–Trinajstić information content (AvgIpc) is 2.40. The molecule has 2 rings (SSSR count). The Morgan fingerprint density at radius 2 is 2.15 bits per heavy atom. The predicted octanol–water partition coefficient (Wildman–Crippen LogP) is 1.49. The predicted molar refractivity (Wildman–Crippen MR) is 71.7 cm³/mol. The molecule has 0 radical (unpaired) electrons. The molecule has 0 saturated carbocycles. The lowest BCUT2D eigenvalue weighted by Gasteiger charge is -2.29. The minimum Gasteiger partial charge on any atom is -0.316 e. The van der Waals surface area contributed by atoms with Gasteiger partial charge in [-0.2, -0.15) is 0 Å². The summed E-state index contributed by atoms with van der Waals surface area (Å²) in [6, 6.07) is 2.40. The van der Waals surface area contributed by atoms with Crippen molar-refractivity contribution in [2.45, 2.75) is 18.2 Å². The first kappa shape index (κ1) is 15.3. The van der Waals surface area contributed by atoms with Crippen molar-refractivity contribution in [2.24, 2.45) is 11.8 Å². The van der Waals surface area contributed by atoms with Crippen LogP contribution in [0.2, 0.25) is 0 Å². The molecule has 1 fully saturated rings. The molecule has 20 heavy (non-hydrogen) atoms. The minimum absolute atomic E-state index is 0.148. The van der Waals surface area contributed by atoms with Gasteiger partial charge in [0.1, 0.15) is 16.5 Å². The summed E-state index contributed by atoms with van der Waals surface area (Å²) in [5.74, 6) is -1.19. The van der Waals surface area contributed by atoms with E-state index in [1.54, 1.807) is 0 Å². The number of hydrogen-bond donors (Lipinski definition) is 2. The number of hydrogen-bond acceptors (Lipinski definition) is 3. The van der Waals surface area contributed by atoms with Gasteiger partial charge in [0.15, 0.2) is 0 Å². The smallest absolute Gasteiger partial charge is 0.243 e. The molecule has 0 aliphatic carbocycles. The van der Waals surface area contributed by atoms with Crippen LogP contribution in [0.15, 0.2) is 23.1 Å². The highest BCUT2D eigenvalue weighted by atomic mass is 32.2. The maximum atomic E-state index is 13.5. The lowest BCUT2D eigenvalue weighted by molar-refractivity contribution is 0.275. The molecular weight excluding hydrogens is 286 g/mol. The van der Waals surface area contributed by atoms with Crippen LogP contribution in [0.1, 0.15) is 13.3 Å². The Morgan fingerprint density at radius 3 is 2.85 bits per heavy atom. The SMILES string of the molecule is CC1CCNCC1CNS(=O)(=O)c1cc(F)ccc1F.